The Kier molecular flexibility index (Phi) is 15.8. The molecule has 0 bridgehead atoms. The molecule has 0 aromatic carbocycles. The summed E-state index contributed by atoms with van der Waals surface area (Å²) in [6.45, 7) is 15.9. The van der Waals surface area contributed by atoms with Crippen molar-refractivity contribution in [1.82, 2.24) is 0 Å². The second-order valence-electron chi connectivity index (χ2n) is 25.8. The maximum Gasteiger partial charge on any atom is 0.310 e. The molecule has 0 radical (unpaired) electrons. The van der Waals surface area contributed by atoms with Crippen LogP contribution in [0.5, 0.6) is 0 Å². The van der Waals surface area contributed by atoms with E-state index in [0.717, 1.165) is 44.9 Å². The van der Waals surface area contributed by atoms with Crippen molar-refractivity contribution in [3.05, 3.63) is 11.6 Å². The number of aliphatic hydroxyl groups is 11. The third-order valence-electron chi connectivity index (χ3n) is 21.1. The number of ether oxygens (including phenoxy) is 8. The molecule has 4 saturated heterocycles. The molecule has 9 rings (SSSR count). The topological polar surface area (TPSA) is 334 Å². The Balaban J connectivity index is 0.866. The van der Waals surface area contributed by atoms with Crippen LogP contribution in [0.2, 0.25) is 0 Å². The van der Waals surface area contributed by atoms with Crippen molar-refractivity contribution in [2.24, 2.45) is 50.2 Å². The highest BCUT2D eigenvalue weighted by Gasteiger charge is 2.70. The van der Waals surface area contributed by atoms with Crippen molar-refractivity contribution in [3.8, 4) is 0 Å². The Morgan fingerprint density at radius 1 is 0.608 bits per heavy atom. The largest absolute Gasteiger partial charge is 0.481 e. The zero-order valence-corrected chi connectivity index (χ0v) is 44.1. The molecular weight excluding hydrogens is 973 g/mol. The van der Waals surface area contributed by atoms with Crippen molar-refractivity contribution in [1.29, 1.82) is 0 Å². The zero-order chi connectivity index (χ0) is 54.0. The minimum atomic E-state index is -1.93. The van der Waals surface area contributed by atoms with E-state index in [2.05, 4.69) is 54.5 Å². The Labute approximate surface area is 433 Å². The molecule has 0 amide bonds. The van der Waals surface area contributed by atoms with Gasteiger partial charge in [0, 0.05) is 0 Å². The number of hydrogen-bond donors (Lipinski definition) is 12. The Morgan fingerprint density at radius 3 is 1.88 bits per heavy atom. The van der Waals surface area contributed by atoms with E-state index >= 15 is 0 Å². The van der Waals surface area contributed by atoms with Crippen LogP contribution in [0.1, 0.15) is 120 Å². The predicted octanol–water partition coefficient (Wildman–Crippen LogP) is 0.197. The van der Waals surface area contributed by atoms with Crippen LogP contribution in [-0.4, -0.2) is 210 Å². The number of carboxylic acids is 1. The Hall–Kier alpha value is -1.55. The Morgan fingerprint density at radius 2 is 1.22 bits per heavy atom. The van der Waals surface area contributed by atoms with Gasteiger partial charge in [0.1, 0.15) is 85.5 Å². The molecular formula is C53H86O21. The molecule has 5 aliphatic carbocycles. The lowest BCUT2D eigenvalue weighted by Gasteiger charge is -2.71. The maximum absolute atomic E-state index is 13.1. The lowest BCUT2D eigenvalue weighted by Crippen LogP contribution is -2.67. The van der Waals surface area contributed by atoms with E-state index in [0.29, 0.717) is 25.2 Å². The summed E-state index contributed by atoms with van der Waals surface area (Å²) in [5.41, 5.74) is 0.0915. The first-order chi connectivity index (χ1) is 34.6. The summed E-state index contributed by atoms with van der Waals surface area (Å²) >= 11 is 0. The smallest absolute Gasteiger partial charge is 0.310 e. The number of hydrogen-bond acceptors (Lipinski definition) is 20. The quantitative estimate of drug-likeness (QED) is 0.0971. The van der Waals surface area contributed by atoms with Gasteiger partial charge in [-0.1, -0.05) is 60.1 Å². The molecule has 0 aromatic heterocycles. The number of aliphatic carboxylic acids is 1. The van der Waals surface area contributed by atoms with Crippen molar-refractivity contribution < 1.29 is 104 Å². The highest BCUT2D eigenvalue weighted by Crippen LogP contribution is 2.76. The second-order valence-corrected chi connectivity index (χ2v) is 25.8. The lowest BCUT2D eigenvalue weighted by atomic mass is 9.33. The molecule has 4 heterocycles. The van der Waals surface area contributed by atoms with Crippen LogP contribution < -0.4 is 0 Å². The summed E-state index contributed by atoms with van der Waals surface area (Å²) in [6, 6.07) is 0. The van der Waals surface area contributed by atoms with Crippen LogP contribution in [0.3, 0.4) is 0 Å². The van der Waals surface area contributed by atoms with E-state index in [1.807, 2.05) is 0 Å². The molecule has 21 heteroatoms. The molecule has 12 N–H and O–H groups in total. The third-order valence-corrected chi connectivity index (χ3v) is 21.1. The van der Waals surface area contributed by atoms with Gasteiger partial charge in [0.2, 0.25) is 0 Å². The molecule has 27 atom stereocenters. The third kappa shape index (κ3) is 9.17. The fraction of sp³-hybridized carbons (Fsp3) is 0.943. The number of allylic oxidation sites excluding steroid dienone is 2. The first-order valence-corrected chi connectivity index (χ1v) is 27.1. The summed E-state index contributed by atoms with van der Waals surface area (Å²) in [4.78, 5) is 13.1. The van der Waals surface area contributed by atoms with E-state index in [-0.39, 0.29) is 46.2 Å². The number of aliphatic hydroxyl groups excluding tert-OH is 11. The average molecular weight is 1060 g/mol. The van der Waals surface area contributed by atoms with E-state index in [9.17, 15) is 66.1 Å². The molecule has 0 spiro atoms. The van der Waals surface area contributed by atoms with E-state index < -0.39 is 147 Å². The SMILES string of the molecule is C[C@@H]1O[C@@H](O[C@H]2[C@H](O[C@H]3CO[C@@H](O[C@H]4CC[C@]5(C)[C@H]6CC=C7[C@@H]8CC(C)(C)CC[C@]8(C(=O)O)CC[C@@]7(C)[C@]6(C)CC[C@H]5C4(C)C)[C@H](O)[C@H]3O)O[C@H](CO)[C@@H](O)[C@@H]2O)[C@H](O)[C@H](O[C@@H]2O[C@H](CO)[C@@H](O)[C@H](O)[C@H]2O)[C@H]1O. The standard InChI is InChI=1S/C53H86O21/c1-23-32(56)41(73-44-39(63)36(60)33(57)26(20-54)69-44)40(64)45(68-23)74-42-37(61)34(58)27(21-55)70-46(42)71-28-22-67-43(38(62)35(28)59)72-31-12-13-50(6)29(49(31,4)5)11-14-52(8)30(50)10-9-24-25-19-48(2,3)15-17-53(25,47(65)66)18-16-51(24,52)7/h9,23,25-46,54-64H,10-22H2,1-8H3,(H,65,66)/t23-,25-,26+,27+,28-,29-,30+,31-,32-,33+,34+,35-,36-,37-,38+,39+,40+,41+,42+,43-,44-,45-,46-,50-,51+,52+,53-/m0/s1. The summed E-state index contributed by atoms with van der Waals surface area (Å²) in [5, 5.41) is 130. The van der Waals surface area contributed by atoms with Crippen LogP contribution in [0.4, 0.5) is 0 Å². The predicted molar refractivity (Wildman–Crippen MR) is 256 cm³/mol. The first kappa shape index (κ1) is 57.1. The molecule has 4 aliphatic heterocycles. The number of carbonyl (C=O) groups is 1. The summed E-state index contributed by atoms with van der Waals surface area (Å²) < 4.78 is 47.7. The van der Waals surface area contributed by atoms with Crippen LogP contribution in [0, 0.1) is 50.2 Å². The lowest BCUT2D eigenvalue weighted by molar-refractivity contribution is -0.392. The van der Waals surface area contributed by atoms with Crippen LogP contribution in [0.15, 0.2) is 11.6 Å². The minimum Gasteiger partial charge on any atom is -0.481 e. The van der Waals surface area contributed by atoms with Crippen molar-refractivity contribution in [3.63, 3.8) is 0 Å². The summed E-state index contributed by atoms with van der Waals surface area (Å²) in [7, 11) is 0. The van der Waals surface area contributed by atoms with Gasteiger partial charge in [0.15, 0.2) is 25.2 Å². The molecule has 424 valence electrons. The zero-order valence-electron chi connectivity index (χ0n) is 44.1. The summed E-state index contributed by atoms with van der Waals surface area (Å²) in [6.07, 6.45) is -20.7. The van der Waals surface area contributed by atoms with E-state index in [4.69, 9.17) is 37.9 Å². The number of fused-ring (bicyclic) bond motifs is 7. The fourth-order valence-electron chi connectivity index (χ4n) is 16.3. The van der Waals surface area contributed by atoms with Crippen molar-refractivity contribution in [2.45, 2.75) is 242 Å². The van der Waals surface area contributed by atoms with Crippen LogP contribution >= 0.6 is 0 Å². The van der Waals surface area contributed by atoms with Gasteiger partial charge in [-0.15, -0.1) is 0 Å². The van der Waals surface area contributed by atoms with Gasteiger partial charge in [0.05, 0.1) is 37.4 Å². The normalized spacial score (nSPS) is 54.1. The summed E-state index contributed by atoms with van der Waals surface area (Å²) in [5.74, 6) is -0.0431. The fourth-order valence-corrected chi connectivity index (χ4v) is 16.3. The van der Waals surface area contributed by atoms with Crippen molar-refractivity contribution >= 4 is 5.97 Å². The van der Waals surface area contributed by atoms with Crippen LogP contribution in [0.25, 0.3) is 0 Å². The van der Waals surface area contributed by atoms with Crippen LogP contribution in [-0.2, 0) is 42.7 Å². The minimum absolute atomic E-state index is 0.0207. The maximum atomic E-state index is 13.1. The number of carboxylic acid groups (broad SMARTS) is 1. The van der Waals surface area contributed by atoms with E-state index in [1.54, 1.807) is 0 Å². The van der Waals surface area contributed by atoms with Gasteiger partial charge in [-0.3, -0.25) is 4.79 Å². The van der Waals surface area contributed by atoms with E-state index in [1.165, 1.54) is 12.5 Å². The molecule has 0 aromatic rings. The van der Waals surface area contributed by atoms with Gasteiger partial charge >= 0.3 is 5.97 Å². The van der Waals surface area contributed by atoms with Gasteiger partial charge < -0.3 is 99.2 Å². The van der Waals surface area contributed by atoms with Gasteiger partial charge in [-0.25, -0.2) is 0 Å². The molecule has 0 unspecified atom stereocenters. The average Bonchev–Trinajstić information content (AvgIpc) is 3.35. The first-order valence-electron chi connectivity index (χ1n) is 27.1. The van der Waals surface area contributed by atoms with Gasteiger partial charge in [0.25, 0.3) is 0 Å². The van der Waals surface area contributed by atoms with Crippen molar-refractivity contribution in [2.75, 3.05) is 19.8 Å². The van der Waals surface area contributed by atoms with Gasteiger partial charge in [-0.2, -0.15) is 0 Å². The molecule has 4 saturated carbocycles. The number of rotatable bonds is 11. The monoisotopic (exact) mass is 1060 g/mol. The second kappa shape index (κ2) is 20.5. The Bertz CT molecular complexity index is 2040. The molecule has 21 nitrogen and oxygen atoms in total. The molecule has 74 heavy (non-hydrogen) atoms. The molecule has 9 aliphatic rings. The highest BCUT2D eigenvalue weighted by molar-refractivity contribution is 5.76. The van der Waals surface area contributed by atoms with Gasteiger partial charge in [-0.05, 0) is 116 Å². The highest BCUT2D eigenvalue weighted by atomic mass is 16.8. The molecule has 8 fully saturated rings.